The van der Waals surface area contributed by atoms with Crippen LogP contribution >= 0.6 is 15.9 Å². The molecule has 0 saturated heterocycles. The van der Waals surface area contributed by atoms with E-state index in [1.807, 2.05) is 0 Å². The second-order valence-corrected chi connectivity index (χ2v) is 4.56. The maximum absolute atomic E-state index is 11.9. The predicted octanol–water partition coefficient (Wildman–Crippen LogP) is 0.689. The van der Waals surface area contributed by atoms with Crippen LogP contribution in [0, 0.1) is 0 Å². The van der Waals surface area contributed by atoms with Crippen molar-refractivity contribution in [3.05, 3.63) is 28.2 Å². The molecule has 0 aliphatic rings. The first kappa shape index (κ1) is 15.0. The summed E-state index contributed by atoms with van der Waals surface area (Å²) in [5.41, 5.74) is 5.99. The molecule has 1 amide bonds. The molecule has 0 radical (unpaired) electrons. The highest BCUT2D eigenvalue weighted by Gasteiger charge is 2.24. The van der Waals surface area contributed by atoms with Crippen LogP contribution in [-0.4, -0.2) is 34.1 Å². The minimum absolute atomic E-state index is 0.136. The Hall–Kier alpha value is -2.09. The number of rotatable bonds is 5. The fraction of sp³-hybridized carbons (Fsp3) is 0.182. The topological polar surface area (TPSA) is 130 Å². The van der Waals surface area contributed by atoms with Gasteiger partial charge in [-0.15, -0.1) is 0 Å². The van der Waals surface area contributed by atoms with Gasteiger partial charge in [0.25, 0.3) is 5.91 Å². The molecule has 1 rings (SSSR count). The monoisotopic (exact) mass is 330 g/mol. The lowest BCUT2D eigenvalue weighted by Crippen LogP contribution is -2.42. The van der Waals surface area contributed by atoms with Crippen molar-refractivity contribution in [1.29, 1.82) is 0 Å². The van der Waals surface area contributed by atoms with Gasteiger partial charge in [-0.25, -0.2) is 4.79 Å². The third kappa shape index (κ3) is 4.25. The molecule has 0 aliphatic carbocycles. The average Bonchev–Trinajstić information content (AvgIpc) is 2.30. The van der Waals surface area contributed by atoms with Crippen LogP contribution in [0.25, 0.3) is 0 Å². The van der Waals surface area contributed by atoms with Crippen molar-refractivity contribution in [3.8, 4) is 0 Å². The highest BCUT2D eigenvalue weighted by molar-refractivity contribution is 9.10. The summed E-state index contributed by atoms with van der Waals surface area (Å²) in [4.78, 5) is 33.2. The van der Waals surface area contributed by atoms with Crippen molar-refractivity contribution in [2.75, 3.05) is 5.73 Å². The Morgan fingerprint density at radius 3 is 2.47 bits per heavy atom. The molecule has 1 atom stereocenters. The fourth-order valence-electron chi connectivity index (χ4n) is 1.33. The van der Waals surface area contributed by atoms with Gasteiger partial charge in [0.2, 0.25) is 0 Å². The first-order chi connectivity index (χ1) is 8.81. The zero-order chi connectivity index (χ0) is 14.6. The Morgan fingerprint density at radius 2 is 1.95 bits per heavy atom. The predicted molar refractivity (Wildman–Crippen MR) is 69.7 cm³/mol. The van der Waals surface area contributed by atoms with Gasteiger partial charge in [0.05, 0.1) is 12.0 Å². The van der Waals surface area contributed by atoms with Gasteiger partial charge in [0.1, 0.15) is 6.04 Å². The minimum Gasteiger partial charge on any atom is -0.481 e. The number of carbonyl (C=O) groups is 3. The standard InChI is InChI=1S/C11H11BrN2O5/c12-7-2-1-5(13)3-6(7)10(17)14-8(11(18)19)4-9(15)16/h1-3,8H,4,13H2,(H,14,17)(H,15,16)(H,18,19). The molecule has 0 fully saturated rings. The van der Waals surface area contributed by atoms with Gasteiger partial charge in [-0.1, -0.05) is 0 Å². The molecular formula is C11H11BrN2O5. The zero-order valence-corrected chi connectivity index (χ0v) is 11.2. The summed E-state index contributed by atoms with van der Waals surface area (Å²) in [6.07, 6.45) is -0.707. The molecule has 0 bridgehead atoms. The highest BCUT2D eigenvalue weighted by Crippen LogP contribution is 2.19. The summed E-state index contributed by atoms with van der Waals surface area (Å²) in [6.45, 7) is 0. The molecule has 8 heteroatoms. The molecule has 19 heavy (non-hydrogen) atoms. The van der Waals surface area contributed by atoms with E-state index >= 15 is 0 Å². The van der Waals surface area contributed by atoms with E-state index in [9.17, 15) is 14.4 Å². The number of amides is 1. The first-order valence-corrected chi connectivity index (χ1v) is 5.91. The summed E-state index contributed by atoms with van der Waals surface area (Å²) in [7, 11) is 0. The number of aliphatic carboxylic acids is 2. The average molecular weight is 331 g/mol. The van der Waals surface area contributed by atoms with Crippen molar-refractivity contribution < 1.29 is 24.6 Å². The summed E-state index contributed by atoms with van der Waals surface area (Å²) in [5, 5.41) is 19.5. The third-order valence-electron chi connectivity index (χ3n) is 2.22. The van der Waals surface area contributed by atoms with Gasteiger partial charge in [0.15, 0.2) is 0 Å². The van der Waals surface area contributed by atoms with Crippen LogP contribution in [0.5, 0.6) is 0 Å². The number of hydrogen-bond acceptors (Lipinski definition) is 4. The van der Waals surface area contributed by atoms with Crippen molar-refractivity contribution >= 4 is 39.5 Å². The molecule has 0 aromatic heterocycles. The largest absolute Gasteiger partial charge is 0.481 e. The molecule has 0 saturated carbocycles. The summed E-state index contributed by atoms with van der Waals surface area (Å²) < 4.78 is 0.429. The smallest absolute Gasteiger partial charge is 0.326 e. The van der Waals surface area contributed by atoms with Gasteiger partial charge >= 0.3 is 11.9 Å². The summed E-state index contributed by atoms with van der Waals surface area (Å²) in [5.74, 6) is -3.46. The van der Waals surface area contributed by atoms with E-state index < -0.39 is 30.3 Å². The van der Waals surface area contributed by atoms with Crippen molar-refractivity contribution in [3.63, 3.8) is 0 Å². The van der Waals surface area contributed by atoms with E-state index in [1.54, 1.807) is 6.07 Å². The van der Waals surface area contributed by atoms with Gasteiger partial charge in [-0.2, -0.15) is 0 Å². The molecule has 0 heterocycles. The number of halogens is 1. The van der Waals surface area contributed by atoms with Crippen molar-refractivity contribution in [1.82, 2.24) is 5.32 Å². The lowest BCUT2D eigenvalue weighted by atomic mass is 10.1. The van der Waals surface area contributed by atoms with Crippen LogP contribution < -0.4 is 11.1 Å². The van der Waals surface area contributed by atoms with Crippen LogP contribution in [0.15, 0.2) is 22.7 Å². The second-order valence-electron chi connectivity index (χ2n) is 3.70. The minimum atomic E-state index is -1.50. The number of nitrogens with two attached hydrogens (primary N) is 1. The third-order valence-corrected chi connectivity index (χ3v) is 2.91. The molecule has 102 valence electrons. The van der Waals surface area contributed by atoms with Crippen molar-refractivity contribution in [2.24, 2.45) is 0 Å². The Balaban J connectivity index is 2.90. The Kier molecular flexibility index (Phi) is 4.87. The molecule has 1 aromatic carbocycles. The van der Waals surface area contributed by atoms with Crippen LogP contribution in [0.2, 0.25) is 0 Å². The lowest BCUT2D eigenvalue weighted by molar-refractivity contribution is -0.145. The van der Waals surface area contributed by atoms with E-state index in [2.05, 4.69) is 21.2 Å². The van der Waals surface area contributed by atoms with E-state index in [0.717, 1.165) is 0 Å². The Morgan fingerprint density at radius 1 is 1.32 bits per heavy atom. The molecule has 0 spiro atoms. The lowest BCUT2D eigenvalue weighted by Gasteiger charge is -2.13. The van der Waals surface area contributed by atoms with Crippen LogP contribution in [0.4, 0.5) is 5.69 Å². The maximum atomic E-state index is 11.9. The summed E-state index contributed by atoms with van der Waals surface area (Å²) >= 11 is 3.13. The van der Waals surface area contributed by atoms with E-state index in [-0.39, 0.29) is 5.56 Å². The molecule has 1 aromatic rings. The fourth-order valence-corrected chi connectivity index (χ4v) is 1.75. The molecular weight excluding hydrogens is 320 g/mol. The molecule has 1 unspecified atom stereocenters. The van der Waals surface area contributed by atoms with Crippen LogP contribution in [0.1, 0.15) is 16.8 Å². The number of nitrogen functional groups attached to an aromatic ring is 1. The number of carbonyl (C=O) groups excluding carboxylic acids is 1. The SMILES string of the molecule is Nc1ccc(Br)c(C(=O)NC(CC(=O)O)C(=O)O)c1. The van der Waals surface area contributed by atoms with E-state index in [0.29, 0.717) is 10.2 Å². The van der Waals surface area contributed by atoms with Gasteiger partial charge in [-0.3, -0.25) is 9.59 Å². The number of nitrogens with one attached hydrogen (secondary N) is 1. The highest BCUT2D eigenvalue weighted by atomic mass is 79.9. The van der Waals surface area contributed by atoms with Gasteiger partial charge < -0.3 is 21.3 Å². The Labute approximate surface area is 116 Å². The number of anilines is 1. The van der Waals surface area contributed by atoms with Gasteiger partial charge in [-0.05, 0) is 34.1 Å². The second kappa shape index (κ2) is 6.19. The van der Waals surface area contributed by atoms with Crippen molar-refractivity contribution in [2.45, 2.75) is 12.5 Å². The number of carboxylic acid groups (broad SMARTS) is 2. The van der Waals surface area contributed by atoms with E-state index in [4.69, 9.17) is 15.9 Å². The molecule has 7 nitrogen and oxygen atoms in total. The molecule has 5 N–H and O–H groups in total. The number of benzene rings is 1. The summed E-state index contributed by atoms with van der Waals surface area (Å²) in [6, 6.07) is 2.96. The van der Waals surface area contributed by atoms with E-state index in [1.165, 1.54) is 12.1 Å². The van der Waals surface area contributed by atoms with Crippen LogP contribution in [-0.2, 0) is 9.59 Å². The molecule has 0 aliphatic heterocycles. The number of hydrogen-bond donors (Lipinski definition) is 4. The van der Waals surface area contributed by atoms with Crippen LogP contribution in [0.3, 0.4) is 0 Å². The zero-order valence-electron chi connectivity index (χ0n) is 9.59. The maximum Gasteiger partial charge on any atom is 0.326 e. The number of carboxylic acids is 2. The first-order valence-electron chi connectivity index (χ1n) is 5.11. The Bertz CT molecular complexity index is 532. The van der Waals surface area contributed by atoms with Gasteiger partial charge in [0, 0.05) is 10.2 Å². The normalized spacial score (nSPS) is 11.6. The quantitative estimate of drug-likeness (QED) is 0.587.